The number of aromatic nitrogens is 3. The molecular weight excluding hydrogens is 328 g/mol. The van der Waals surface area contributed by atoms with Crippen molar-refractivity contribution in [2.45, 2.75) is 25.5 Å². The fraction of sp³-hybridized carbons (Fsp3) is 0.312. The lowest BCUT2D eigenvalue weighted by molar-refractivity contribution is 0.0940. The highest BCUT2D eigenvalue weighted by Gasteiger charge is 2.17. The number of carbonyl (C=O) groups excluding carboxylic acids is 1. The van der Waals surface area contributed by atoms with Gasteiger partial charge < -0.3 is 19.5 Å². The van der Waals surface area contributed by atoms with Crippen LogP contribution in [0, 0.1) is 4.84 Å². The average molecular weight is 344 g/mol. The lowest BCUT2D eigenvalue weighted by Gasteiger charge is -2.08. The Labute approximate surface area is 142 Å². The Morgan fingerprint density at radius 1 is 1.50 bits per heavy atom. The highest BCUT2D eigenvalue weighted by Crippen LogP contribution is 2.18. The van der Waals surface area contributed by atoms with E-state index in [9.17, 15) is 4.79 Å². The van der Waals surface area contributed by atoms with E-state index >= 15 is 0 Å². The number of anilines is 1. The molecule has 0 aliphatic carbocycles. The van der Waals surface area contributed by atoms with Crippen LogP contribution in [0.2, 0.25) is 0 Å². The number of nitrogens with zero attached hydrogens (tertiary/aromatic N) is 2. The summed E-state index contributed by atoms with van der Waals surface area (Å²) in [6.45, 7) is 1.51. The largest absolute Gasteiger partial charge is 0.429 e. The molecule has 2 N–H and O–H groups in total. The summed E-state index contributed by atoms with van der Waals surface area (Å²) in [4.78, 5) is 15.6. The zero-order valence-electron chi connectivity index (χ0n) is 12.8. The molecule has 24 heavy (non-hydrogen) atoms. The molecule has 1 amide bonds. The van der Waals surface area contributed by atoms with Crippen LogP contribution in [-0.4, -0.2) is 33.4 Å². The molecular formula is C16H16N4O3S. The SMILES string of the molecule is O=C(Nc1cnn(CC2CCCO2)c1)c1ccc2[nH]c(=S)oc2c1. The van der Waals surface area contributed by atoms with E-state index in [0.717, 1.165) is 25.0 Å². The molecule has 2 aromatic heterocycles. The molecule has 1 aromatic carbocycles. The van der Waals surface area contributed by atoms with Crippen LogP contribution in [0.3, 0.4) is 0 Å². The van der Waals surface area contributed by atoms with Gasteiger partial charge in [0.05, 0.1) is 30.0 Å². The van der Waals surface area contributed by atoms with E-state index < -0.39 is 0 Å². The maximum absolute atomic E-state index is 12.4. The summed E-state index contributed by atoms with van der Waals surface area (Å²) in [6, 6.07) is 5.15. The molecule has 7 nitrogen and oxygen atoms in total. The number of fused-ring (bicyclic) bond motifs is 1. The van der Waals surface area contributed by atoms with Crippen LogP contribution in [0.25, 0.3) is 11.1 Å². The molecule has 4 rings (SSSR count). The van der Waals surface area contributed by atoms with Gasteiger partial charge in [-0.1, -0.05) is 0 Å². The summed E-state index contributed by atoms with van der Waals surface area (Å²) in [7, 11) is 0. The van der Waals surface area contributed by atoms with Gasteiger partial charge in [0.25, 0.3) is 10.7 Å². The first-order valence-electron chi connectivity index (χ1n) is 7.76. The number of oxazole rings is 1. The van der Waals surface area contributed by atoms with Crippen LogP contribution in [-0.2, 0) is 11.3 Å². The molecule has 1 saturated heterocycles. The van der Waals surface area contributed by atoms with E-state index in [-0.39, 0.29) is 16.8 Å². The molecule has 3 aromatic rings. The molecule has 1 fully saturated rings. The minimum absolute atomic E-state index is 0.207. The van der Waals surface area contributed by atoms with Gasteiger partial charge in [-0.2, -0.15) is 5.10 Å². The summed E-state index contributed by atoms with van der Waals surface area (Å²) >= 11 is 4.94. The third-order valence-corrected chi connectivity index (χ3v) is 4.17. The zero-order chi connectivity index (χ0) is 16.5. The van der Waals surface area contributed by atoms with Crippen molar-refractivity contribution in [1.82, 2.24) is 14.8 Å². The summed E-state index contributed by atoms with van der Waals surface area (Å²) in [6.07, 6.45) is 5.78. The van der Waals surface area contributed by atoms with Crippen molar-refractivity contribution in [2.75, 3.05) is 11.9 Å². The predicted molar refractivity (Wildman–Crippen MR) is 90.6 cm³/mol. The quantitative estimate of drug-likeness (QED) is 0.710. The second kappa shape index (κ2) is 6.21. The van der Waals surface area contributed by atoms with E-state index in [1.807, 2.05) is 0 Å². The Bertz CT molecular complexity index is 936. The summed E-state index contributed by atoms with van der Waals surface area (Å²) in [5.74, 6) is -0.226. The maximum atomic E-state index is 12.4. The zero-order valence-corrected chi connectivity index (χ0v) is 13.6. The second-order valence-corrected chi connectivity index (χ2v) is 6.14. The van der Waals surface area contributed by atoms with Gasteiger partial charge in [0.1, 0.15) is 0 Å². The Morgan fingerprint density at radius 3 is 3.25 bits per heavy atom. The molecule has 0 saturated carbocycles. The summed E-state index contributed by atoms with van der Waals surface area (Å²) in [5, 5.41) is 7.10. The molecule has 0 spiro atoms. The van der Waals surface area contributed by atoms with Gasteiger partial charge in [0, 0.05) is 18.4 Å². The number of carbonyl (C=O) groups is 1. The minimum atomic E-state index is -0.226. The standard InChI is InChI=1S/C16H16N4O3S/c21-15(10-3-4-13-14(6-10)23-16(24)19-13)18-11-7-17-20(8-11)9-12-2-1-5-22-12/h3-4,6-8,12H,1-2,5,9H2,(H,18,21)(H,19,24). The van der Waals surface area contributed by atoms with Gasteiger partial charge in [-0.15, -0.1) is 0 Å². The van der Waals surface area contributed by atoms with E-state index in [2.05, 4.69) is 15.4 Å². The molecule has 1 unspecified atom stereocenters. The van der Waals surface area contributed by atoms with Crippen molar-refractivity contribution in [1.29, 1.82) is 0 Å². The predicted octanol–water partition coefficient (Wildman–Crippen LogP) is 3.12. The molecule has 8 heteroatoms. The van der Waals surface area contributed by atoms with E-state index in [0.29, 0.717) is 23.4 Å². The monoisotopic (exact) mass is 344 g/mol. The van der Waals surface area contributed by atoms with E-state index in [1.165, 1.54) is 0 Å². The number of benzene rings is 1. The molecule has 0 bridgehead atoms. The molecule has 3 heterocycles. The Kier molecular flexibility index (Phi) is 3.91. The number of aromatic amines is 1. The molecule has 1 aliphatic rings. The fourth-order valence-corrected chi connectivity index (χ4v) is 3.01. The average Bonchev–Trinajstić information content (AvgIpc) is 3.27. The van der Waals surface area contributed by atoms with Crippen molar-refractivity contribution >= 4 is 34.9 Å². The van der Waals surface area contributed by atoms with Crippen LogP contribution in [0.5, 0.6) is 0 Å². The van der Waals surface area contributed by atoms with Crippen molar-refractivity contribution in [3.05, 3.63) is 41.0 Å². The van der Waals surface area contributed by atoms with Crippen LogP contribution in [0.4, 0.5) is 5.69 Å². The number of rotatable bonds is 4. The van der Waals surface area contributed by atoms with Crippen LogP contribution in [0.1, 0.15) is 23.2 Å². The molecule has 0 radical (unpaired) electrons. The number of nitrogens with one attached hydrogen (secondary N) is 2. The van der Waals surface area contributed by atoms with Gasteiger partial charge in [-0.25, -0.2) is 0 Å². The van der Waals surface area contributed by atoms with Crippen LogP contribution >= 0.6 is 12.2 Å². The number of H-pyrrole nitrogens is 1. The van der Waals surface area contributed by atoms with Gasteiger partial charge in [-0.3, -0.25) is 9.48 Å². The van der Waals surface area contributed by atoms with Crippen LogP contribution < -0.4 is 5.32 Å². The molecule has 1 atom stereocenters. The van der Waals surface area contributed by atoms with Crippen molar-refractivity contribution in [2.24, 2.45) is 0 Å². The lowest BCUT2D eigenvalue weighted by Crippen LogP contribution is -2.15. The van der Waals surface area contributed by atoms with Gasteiger partial charge >= 0.3 is 0 Å². The first-order chi connectivity index (χ1) is 11.7. The van der Waals surface area contributed by atoms with Crippen molar-refractivity contribution in [3.63, 3.8) is 0 Å². The second-order valence-electron chi connectivity index (χ2n) is 5.77. The normalized spacial score (nSPS) is 17.4. The molecule has 1 aliphatic heterocycles. The Morgan fingerprint density at radius 2 is 2.42 bits per heavy atom. The summed E-state index contributed by atoms with van der Waals surface area (Å²) in [5.41, 5.74) is 2.46. The number of hydrogen-bond donors (Lipinski definition) is 2. The smallest absolute Gasteiger partial charge is 0.266 e. The van der Waals surface area contributed by atoms with Gasteiger partial charge in [-0.05, 0) is 43.3 Å². The first-order valence-corrected chi connectivity index (χ1v) is 8.16. The van der Waals surface area contributed by atoms with Gasteiger partial charge in [0.15, 0.2) is 5.58 Å². The number of hydrogen-bond acceptors (Lipinski definition) is 5. The Hall–Kier alpha value is -2.45. The third kappa shape index (κ3) is 3.10. The Balaban J connectivity index is 1.46. The third-order valence-electron chi connectivity index (χ3n) is 3.99. The van der Waals surface area contributed by atoms with Crippen molar-refractivity contribution < 1.29 is 13.9 Å². The highest BCUT2D eigenvalue weighted by atomic mass is 32.1. The maximum Gasteiger partial charge on any atom is 0.266 e. The highest BCUT2D eigenvalue weighted by molar-refractivity contribution is 7.71. The van der Waals surface area contributed by atoms with Crippen molar-refractivity contribution in [3.8, 4) is 0 Å². The lowest BCUT2D eigenvalue weighted by atomic mass is 10.2. The summed E-state index contributed by atoms with van der Waals surface area (Å²) < 4.78 is 12.7. The first kappa shape index (κ1) is 15.1. The number of amides is 1. The minimum Gasteiger partial charge on any atom is -0.429 e. The fourth-order valence-electron chi connectivity index (χ4n) is 2.81. The number of ether oxygens (including phenoxy) is 1. The van der Waals surface area contributed by atoms with Crippen LogP contribution in [0.15, 0.2) is 35.0 Å². The van der Waals surface area contributed by atoms with E-state index in [4.69, 9.17) is 21.4 Å². The van der Waals surface area contributed by atoms with Gasteiger partial charge in [0.2, 0.25) is 0 Å². The molecule has 124 valence electrons. The topological polar surface area (TPSA) is 85.1 Å². The van der Waals surface area contributed by atoms with E-state index in [1.54, 1.807) is 35.3 Å².